The van der Waals surface area contributed by atoms with Gasteiger partial charge in [-0.05, 0) is 72.9 Å². The molecule has 5 amide bonds. The van der Waals surface area contributed by atoms with E-state index >= 15 is 0 Å². The molecule has 1 unspecified atom stereocenters. The number of aliphatic hydroxyl groups excluding tert-OH is 1. The molecule has 2 aromatic heterocycles. The van der Waals surface area contributed by atoms with Crippen LogP contribution in [0.2, 0.25) is 0 Å². The molecule has 60 heavy (non-hydrogen) atoms. The molecule has 1 aliphatic rings. The lowest BCUT2D eigenvalue weighted by molar-refractivity contribution is -0.129. The zero-order valence-electron chi connectivity index (χ0n) is 35.9. The number of amides is 5. The van der Waals surface area contributed by atoms with Gasteiger partial charge in [-0.3, -0.25) is 19.6 Å². The highest BCUT2D eigenvalue weighted by atomic mass is 16.5. The summed E-state index contributed by atoms with van der Waals surface area (Å²) in [6.07, 6.45) is 1.22. The minimum Gasteiger partial charge on any atom is -0.453 e. The van der Waals surface area contributed by atoms with Gasteiger partial charge >= 0.3 is 12.1 Å². The van der Waals surface area contributed by atoms with Gasteiger partial charge in [-0.15, -0.1) is 0 Å². The summed E-state index contributed by atoms with van der Waals surface area (Å²) in [5.41, 5.74) is 4.52. The van der Waals surface area contributed by atoms with Crippen LogP contribution in [-0.4, -0.2) is 99.3 Å². The first-order chi connectivity index (χ1) is 28.7. The van der Waals surface area contributed by atoms with Crippen molar-refractivity contribution in [1.29, 1.82) is 0 Å². The predicted octanol–water partition coefficient (Wildman–Crippen LogP) is 6.08. The number of urea groups is 1. The number of alkyl carbamates (subject to hydrolysis) is 1. The zero-order valence-corrected chi connectivity index (χ0v) is 35.9. The van der Waals surface area contributed by atoms with Gasteiger partial charge in [-0.2, -0.15) is 0 Å². The number of nitrogens with zero attached hydrogens (tertiary/aromatic N) is 4. The maximum absolute atomic E-state index is 14.6. The molecule has 5 rings (SSSR count). The molecule has 0 radical (unpaired) electrons. The van der Waals surface area contributed by atoms with E-state index in [1.54, 1.807) is 16.0 Å². The first-order valence-corrected chi connectivity index (χ1v) is 20.8. The molecule has 1 aliphatic heterocycles. The normalized spacial score (nSPS) is 16.0. The molecule has 6 atom stereocenters. The van der Waals surface area contributed by atoms with E-state index in [2.05, 4.69) is 25.9 Å². The number of aryl methyl sites for hydroxylation is 1. The molecule has 13 heteroatoms. The summed E-state index contributed by atoms with van der Waals surface area (Å²) in [6, 6.07) is 25.5. The molecule has 0 bridgehead atoms. The second-order valence-electron chi connectivity index (χ2n) is 16.9. The molecular weight excluding hydrogens is 759 g/mol. The lowest BCUT2D eigenvalue weighted by Crippen LogP contribution is -2.58. The minimum atomic E-state index is -1.13. The second-order valence-corrected chi connectivity index (χ2v) is 16.9. The van der Waals surface area contributed by atoms with Crippen LogP contribution in [0.15, 0.2) is 97.2 Å². The van der Waals surface area contributed by atoms with Crippen LogP contribution in [-0.2, 0) is 33.7 Å². The van der Waals surface area contributed by atoms with E-state index in [4.69, 9.17) is 4.74 Å². The van der Waals surface area contributed by atoms with Gasteiger partial charge in [0.2, 0.25) is 11.8 Å². The summed E-state index contributed by atoms with van der Waals surface area (Å²) in [7, 11) is 1.24. The lowest BCUT2D eigenvalue weighted by atomic mass is 9.85. The fourth-order valence-electron chi connectivity index (χ4n) is 7.65. The van der Waals surface area contributed by atoms with Crippen molar-refractivity contribution in [1.82, 2.24) is 35.7 Å². The van der Waals surface area contributed by atoms with Crippen LogP contribution < -0.4 is 16.0 Å². The number of aliphatic hydroxyl groups is 1. The summed E-state index contributed by atoms with van der Waals surface area (Å²) < 4.78 is 4.84. The molecule has 0 aliphatic carbocycles. The molecule has 1 saturated heterocycles. The van der Waals surface area contributed by atoms with E-state index in [9.17, 15) is 24.3 Å². The van der Waals surface area contributed by atoms with Gasteiger partial charge in [0.25, 0.3) is 0 Å². The number of nitrogens with one attached hydrogen (secondary N) is 3. The molecule has 0 saturated carbocycles. The van der Waals surface area contributed by atoms with Crippen molar-refractivity contribution in [3.8, 4) is 11.3 Å². The van der Waals surface area contributed by atoms with Crippen LogP contribution in [0.3, 0.4) is 0 Å². The van der Waals surface area contributed by atoms with Crippen molar-refractivity contribution in [3.05, 3.63) is 120 Å². The van der Waals surface area contributed by atoms with E-state index in [0.29, 0.717) is 38.9 Å². The van der Waals surface area contributed by atoms with E-state index in [0.717, 1.165) is 33.8 Å². The molecular formula is C47H61N7O6. The molecule has 0 spiro atoms. The van der Waals surface area contributed by atoms with Crippen LogP contribution in [0.1, 0.15) is 70.0 Å². The third-order valence-electron chi connectivity index (χ3n) is 11.1. The van der Waals surface area contributed by atoms with Gasteiger partial charge in [0.1, 0.15) is 12.1 Å². The Bertz CT molecular complexity index is 2030. The number of hydrogen-bond donors (Lipinski definition) is 4. The summed E-state index contributed by atoms with van der Waals surface area (Å²) in [5, 5.41) is 21.2. The van der Waals surface area contributed by atoms with Crippen molar-refractivity contribution in [2.75, 3.05) is 20.2 Å². The number of carbonyl (C=O) groups is 4. The second kappa shape index (κ2) is 20.9. The molecule has 13 nitrogen and oxygen atoms in total. The van der Waals surface area contributed by atoms with Gasteiger partial charge in [0.15, 0.2) is 0 Å². The van der Waals surface area contributed by atoms with Crippen molar-refractivity contribution in [2.24, 2.45) is 11.3 Å². The molecule has 4 aromatic rings. The summed E-state index contributed by atoms with van der Waals surface area (Å²) in [5.74, 6) is -0.971. The highest BCUT2D eigenvalue weighted by Crippen LogP contribution is 2.25. The average Bonchev–Trinajstić information content (AvgIpc) is 3.57. The van der Waals surface area contributed by atoms with Crippen LogP contribution in [0.25, 0.3) is 11.3 Å². The maximum Gasteiger partial charge on any atom is 0.407 e. The molecule has 2 aromatic carbocycles. The quantitative estimate of drug-likeness (QED) is 0.0938. The Labute approximate surface area is 354 Å². The summed E-state index contributed by atoms with van der Waals surface area (Å²) in [6.45, 7) is 12.6. The largest absolute Gasteiger partial charge is 0.453 e. The SMILES string of the molecule is CCC(C)[C@@H](C(=O)N[C@@H](Cc1ccccc1)[C@@H](O)C[C@@H](Cc1ccc(-c2ccccn2)cc1)NC(=O)[C@@H](NC(=O)OC)C(C)(C)C)N1CCN(Cc2cccc(C)n2)C1=O. The molecule has 3 heterocycles. The third-order valence-corrected chi connectivity index (χ3v) is 11.1. The number of ether oxygens (including phenoxy) is 1. The number of methoxy groups -OCH3 is 1. The number of hydrogen-bond acceptors (Lipinski definition) is 8. The van der Waals surface area contributed by atoms with Crippen molar-refractivity contribution in [3.63, 3.8) is 0 Å². The standard InChI is InChI=1S/C47H61N7O6/c1-8-31(2)41(54-26-25-53(46(54)59)30-36-18-14-15-32(3)49-36)43(56)51-39(28-33-16-10-9-11-17-33)40(55)29-37(50-44(57)42(47(4,5)6)52-45(58)60-7)27-34-20-22-35(23-21-34)38-19-12-13-24-48-38/h9-24,31,37,39-42,55H,8,25-30H2,1-7H3,(H,50,57)(H,51,56)(H,52,58)/t31?,37-,39+,40+,41+,42-/m1/s1. The molecule has 4 N–H and O–H groups in total. The van der Waals surface area contributed by atoms with E-state index in [-0.39, 0.29) is 24.3 Å². The van der Waals surface area contributed by atoms with Crippen LogP contribution in [0.5, 0.6) is 0 Å². The predicted molar refractivity (Wildman–Crippen MR) is 232 cm³/mol. The Morgan fingerprint density at radius 2 is 1.55 bits per heavy atom. The van der Waals surface area contributed by atoms with Gasteiger partial charge in [0.05, 0.1) is 37.2 Å². The topological polar surface area (TPSA) is 166 Å². The Hall–Kier alpha value is -5.82. The van der Waals surface area contributed by atoms with Crippen molar-refractivity contribution < 1.29 is 29.0 Å². The third kappa shape index (κ3) is 12.4. The molecule has 320 valence electrons. The zero-order chi connectivity index (χ0) is 43.4. The summed E-state index contributed by atoms with van der Waals surface area (Å²) in [4.78, 5) is 67.3. The first-order valence-electron chi connectivity index (χ1n) is 20.8. The van der Waals surface area contributed by atoms with Crippen LogP contribution >= 0.6 is 0 Å². The molecule has 1 fully saturated rings. The summed E-state index contributed by atoms with van der Waals surface area (Å²) >= 11 is 0. The smallest absolute Gasteiger partial charge is 0.407 e. The number of rotatable bonds is 18. The Morgan fingerprint density at radius 3 is 2.18 bits per heavy atom. The highest BCUT2D eigenvalue weighted by Gasteiger charge is 2.41. The van der Waals surface area contributed by atoms with Crippen LogP contribution in [0.4, 0.5) is 9.59 Å². The first kappa shape index (κ1) is 45.3. The van der Waals surface area contributed by atoms with E-state index < -0.39 is 47.7 Å². The Balaban J connectivity index is 1.41. The van der Waals surface area contributed by atoms with Gasteiger partial charge in [0, 0.05) is 36.6 Å². The maximum atomic E-state index is 14.6. The number of benzene rings is 2. The minimum absolute atomic E-state index is 0.0640. The fourth-order valence-corrected chi connectivity index (χ4v) is 7.65. The highest BCUT2D eigenvalue weighted by molar-refractivity contribution is 5.89. The van der Waals surface area contributed by atoms with E-state index in [1.165, 1.54) is 7.11 Å². The Morgan fingerprint density at radius 1 is 0.850 bits per heavy atom. The van der Waals surface area contributed by atoms with Crippen molar-refractivity contribution in [2.45, 2.75) is 104 Å². The monoisotopic (exact) mass is 819 g/mol. The fraction of sp³-hybridized carbons (Fsp3) is 0.447. The average molecular weight is 820 g/mol. The lowest BCUT2D eigenvalue weighted by Gasteiger charge is -2.35. The van der Waals surface area contributed by atoms with Gasteiger partial charge in [-0.1, -0.05) is 108 Å². The number of pyridine rings is 2. The van der Waals surface area contributed by atoms with Crippen LogP contribution in [0, 0.1) is 18.3 Å². The van der Waals surface area contributed by atoms with Crippen molar-refractivity contribution >= 4 is 23.9 Å². The van der Waals surface area contributed by atoms with E-state index in [1.807, 2.05) is 133 Å². The van der Waals surface area contributed by atoms with Gasteiger partial charge < -0.3 is 35.6 Å². The number of carbonyl (C=O) groups excluding carboxylic acids is 4. The van der Waals surface area contributed by atoms with Gasteiger partial charge in [-0.25, -0.2) is 9.59 Å². The number of aromatic nitrogens is 2. The Kier molecular flexibility index (Phi) is 15.8.